The standard InChI is InChI=1S/C10H13NS/c1-3-4-5-6-7-10-11-9(2)8-12-10/h8H,3-5H2,1-2H3. The summed E-state index contributed by atoms with van der Waals surface area (Å²) in [4.78, 5) is 4.25. The van der Waals surface area contributed by atoms with Crippen LogP contribution in [0.25, 0.3) is 0 Å². The van der Waals surface area contributed by atoms with E-state index in [4.69, 9.17) is 0 Å². The quantitative estimate of drug-likeness (QED) is 0.502. The van der Waals surface area contributed by atoms with Gasteiger partial charge in [-0.3, -0.25) is 0 Å². The molecule has 0 fully saturated rings. The summed E-state index contributed by atoms with van der Waals surface area (Å²) < 4.78 is 0. The zero-order valence-corrected chi connectivity index (χ0v) is 8.37. The molecule has 1 aromatic rings. The Morgan fingerprint density at radius 3 is 3.00 bits per heavy atom. The molecule has 0 amide bonds. The molecular formula is C10H13NS. The van der Waals surface area contributed by atoms with Crippen molar-refractivity contribution >= 4 is 11.3 Å². The lowest BCUT2D eigenvalue weighted by Crippen LogP contribution is -1.73. The highest BCUT2D eigenvalue weighted by atomic mass is 32.1. The molecule has 12 heavy (non-hydrogen) atoms. The Morgan fingerprint density at radius 1 is 1.58 bits per heavy atom. The average Bonchev–Trinajstić information content (AvgIpc) is 2.45. The Morgan fingerprint density at radius 2 is 2.42 bits per heavy atom. The van der Waals surface area contributed by atoms with Crippen LogP contribution in [0.1, 0.15) is 36.9 Å². The van der Waals surface area contributed by atoms with Gasteiger partial charge in [0.25, 0.3) is 0 Å². The molecule has 1 heterocycles. The molecule has 0 aliphatic rings. The summed E-state index contributed by atoms with van der Waals surface area (Å²) in [6.07, 6.45) is 3.40. The maximum absolute atomic E-state index is 4.25. The predicted molar refractivity (Wildman–Crippen MR) is 53.3 cm³/mol. The van der Waals surface area contributed by atoms with E-state index in [1.807, 2.05) is 12.3 Å². The number of nitrogens with zero attached hydrogens (tertiary/aromatic N) is 1. The zero-order chi connectivity index (χ0) is 8.81. The third-order valence-electron chi connectivity index (χ3n) is 1.47. The summed E-state index contributed by atoms with van der Waals surface area (Å²) in [5.74, 6) is 6.17. The summed E-state index contributed by atoms with van der Waals surface area (Å²) in [7, 11) is 0. The molecule has 0 spiro atoms. The second-order valence-electron chi connectivity index (χ2n) is 2.70. The highest BCUT2D eigenvalue weighted by molar-refractivity contribution is 7.10. The van der Waals surface area contributed by atoms with Gasteiger partial charge < -0.3 is 0 Å². The fourth-order valence-corrected chi connectivity index (χ4v) is 1.48. The van der Waals surface area contributed by atoms with Crippen LogP contribution in [-0.2, 0) is 0 Å². The first-order valence-electron chi connectivity index (χ1n) is 4.24. The van der Waals surface area contributed by atoms with Gasteiger partial charge in [-0.2, -0.15) is 0 Å². The van der Waals surface area contributed by atoms with E-state index in [1.54, 1.807) is 11.3 Å². The number of unbranched alkanes of at least 4 members (excludes halogenated alkanes) is 2. The molecule has 0 radical (unpaired) electrons. The molecule has 1 aromatic heterocycles. The van der Waals surface area contributed by atoms with Crippen molar-refractivity contribution in [2.75, 3.05) is 0 Å². The van der Waals surface area contributed by atoms with Crippen molar-refractivity contribution in [3.05, 3.63) is 16.1 Å². The lowest BCUT2D eigenvalue weighted by molar-refractivity contribution is 0.828. The number of aryl methyl sites for hydroxylation is 1. The van der Waals surface area contributed by atoms with Crippen molar-refractivity contribution in [3.8, 4) is 11.8 Å². The van der Waals surface area contributed by atoms with Gasteiger partial charge in [-0.05, 0) is 19.3 Å². The monoisotopic (exact) mass is 179 g/mol. The Balaban J connectivity index is 2.43. The molecule has 0 aromatic carbocycles. The van der Waals surface area contributed by atoms with Crippen LogP contribution in [0.2, 0.25) is 0 Å². The molecule has 1 nitrogen and oxygen atoms in total. The van der Waals surface area contributed by atoms with Gasteiger partial charge in [0.1, 0.15) is 0 Å². The summed E-state index contributed by atoms with van der Waals surface area (Å²) in [6, 6.07) is 0. The van der Waals surface area contributed by atoms with Crippen LogP contribution in [0, 0.1) is 18.8 Å². The van der Waals surface area contributed by atoms with Gasteiger partial charge in [0.2, 0.25) is 0 Å². The first-order chi connectivity index (χ1) is 5.83. The molecule has 0 N–H and O–H groups in total. The Labute approximate surface area is 77.8 Å². The van der Waals surface area contributed by atoms with E-state index in [0.717, 1.165) is 17.1 Å². The second kappa shape index (κ2) is 4.95. The Hall–Kier alpha value is -0.810. The normalized spacial score (nSPS) is 9.17. The Bertz CT molecular complexity index is 290. The minimum Gasteiger partial charge on any atom is -0.233 e. The molecule has 0 aliphatic carbocycles. The maximum Gasteiger partial charge on any atom is 0.167 e. The van der Waals surface area contributed by atoms with Crippen LogP contribution in [0.3, 0.4) is 0 Å². The van der Waals surface area contributed by atoms with Crippen molar-refractivity contribution in [1.29, 1.82) is 0 Å². The molecule has 0 atom stereocenters. The van der Waals surface area contributed by atoms with Gasteiger partial charge in [-0.15, -0.1) is 11.3 Å². The number of hydrogen-bond donors (Lipinski definition) is 0. The lowest BCUT2D eigenvalue weighted by atomic mass is 10.2. The highest BCUT2D eigenvalue weighted by Gasteiger charge is 1.91. The second-order valence-corrected chi connectivity index (χ2v) is 3.56. The van der Waals surface area contributed by atoms with Crippen molar-refractivity contribution in [2.24, 2.45) is 0 Å². The van der Waals surface area contributed by atoms with Crippen LogP contribution >= 0.6 is 11.3 Å². The number of thiazole rings is 1. The minimum absolute atomic E-state index is 0.948. The predicted octanol–water partition coefficient (Wildman–Crippen LogP) is 2.99. The first-order valence-corrected chi connectivity index (χ1v) is 5.12. The Kier molecular flexibility index (Phi) is 3.83. The SMILES string of the molecule is CCCCC#Cc1nc(C)cs1. The summed E-state index contributed by atoms with van der Waals surface area (Å²) >= 11 is 1.62. The molecule has 0 unspecified atom stereocenters. The van der Waals surface area contributed by atoms with E-state index in [1.165, 1.54) is 12.8 Å². The maximum atomic E-state index is 4.25. The van der Waals surface area contributed by atoms with E-state index < -0.39 is 0 Å². The van der Waals surface area contributed by atoms with E-state index in [9.17, 15) is 0 Å². The van der Waals surface area contributed by atoms with Gasteiger partial charge in [-0.25, -0.2) is 4.98 Å². The van der Waals surface area contributed by atoms with Gasteiger partial charge >= 0.3 is 0 Å². The van der Waals surface area contributed by atoms with Crippen LogP contribution in [-0.4, -0.2) is 4.98 Å². The number of aromatic nitrogens is 1. The largest absolute Gasteiger partial charge is 0.233 e. The van der Waals surface area contributed by atoms with Gasteiger partial charge in [0.05, 0.1) is 0 Å². The summed E-state index contributed by atoms with van der Waals surface area (Å²) in [5, 5.41) is 2.98. The van der Waals surface area contributed by atoms with Crippen molar-refractivity contribution in [1.82, 2.24) is 4.98 Å². The fourth-order valence-electron chi connectivity index (χ4n) is 0.815. The lowest BCUT2D eigenvalue weighted by Gasteiger charge is -1.82. The third-order valence-corrected chi connectivity index (χ3v) is 2.35. The average molecular weight is 179 g/mol. The molecule has 64 valence electrons. The van der Waals surface area contributed by atoms with Gasteiger partial charge in [0, 0.05) is 17.5 Å². The number of hydrogen-bond acceptors (Lipinski definition) is 2. The minimum atomic E-state index is 0.948. The molecule has 1 rings (SSSR count). The van der Waals surface area contributed by atoms with E-state index >= 15 is 0 Å². The van der Waals surface area contributed by atoms with E-state index in [0.29, 0.717) is 0 Å². The molecule has 0 aliphatic heterocycles. The van der Waals surface area contributed by atoms with Crippen molar-refractivity contribution < 1.29 is 0 Å². The molecular weight excluding hydrogens is 166 g/mol. The van der Waals surface area contributed by atoms with Crippen molar-refractivity contribution in [2.45, 2.75) is 33.1 Å². The summed E-state index contributed by atoms with van der Waals surface area (Å²) in [5.41, 5.74) is 1.07. The topological polar surface area (TPSA) is 12.9 Å². The van der Waals surface area contributed by atoms with E-state index in [-0.39, 0.29) is 0 Å². The molecule has 0 saturated heterocycles. The smallest absolute Gasteiger partial charge is 0.167 e. The first kappa shape index (κ1) is 9.28. The van der Waals surface area contributed by atoms with Gasteiger partial charge in [0.15, 0.2) is 5.01 Å². The summed E-state index contributed by atoms with van der Waals surface area (Å²) in [6.45, 7) is 4.17. The molecule has 2 heteroatoms. The fraction of sp³-hybridized carbons (Fsp3) is 0.500. The number of rotatable bonds is 2. The van der Waals surface area contributed by atoms with Crippen LogP contribution in [0.15, 0.2) is 5.38 Å². The van der Waals surface area contributed by atoms with Crippen LogP contribution in [0.4, 0.5) is 0 Å². The highest BCUT2D eigenvalue weighted by Crippen LogP contribution is 2.06. The molecule has 0 saturated carbocycles. The zero-order valence-electron chi connectivity index (χ0n) is 7.55. The van der Waals surface area contributed by atoms with Crippen LogP contribution < -0.4 is 0 Å². The third kappa shape index (κ3) is 3.06. The molecule has 0 bridgehead atoms. The van der Waals surface area contributed by atoms with Crippen molar-refractivity contribution in [3.63, 3.8) is 0 Å². The van der Waals surface area contributed by atoms with Gasteiger partial charge in [-0.1, -0.05) is 19.3 Å². The van der Waals surface area contributed by atoms with Crippen LogP contribution in [0.5, 0.6) is 0 Å². The van der Waals surface area contributed by atoms with E-state index in [2.05, 4.69) is 23.7 Å².